The van der Waals surface area contributed by atoms with Gasteiger partial charge in [-0.15, -0.1) is 0 Å². The summed E-state index contributed by atoms with van der Waals surface area (Å²) in [6.07, 6.45) is 3.14. The van der Waals surface area contributed by atoms with Crippen LogP contribution in [-0.4, -0.2) is 65.1 Å². The topological polar surface area (TPSA) is 60.9 Å². The number of piperidine rings is 1. The van der Waals surface area contributed by atoms with E-state index in [-0.39, 0.29) is 18.0 Å². The van der Waals surface area contributed by atoms with Gasteiger partial charge in [-0.25, -0.2) is 4.79 Å². The molecule has 1 heterocycles. The van der Waals surface area contributed by atoms with E-state index in [1.807, 2.05) is 20.2 Å². The van der Waals surface area contributed by atoms with Crippen LogP contribution in [0.2, 0.25) is 0 Å². The van der Waals surface area contributed by atoms with Crippen molar-refractivity contribution in [2.45, 2.75) is 25.8 Å². The first kappa shape index (κ1) is 15.1. The number of hydrogen-bond donors (Lipinski definition) is 1. The van der Waals surface area contributed by atoms with Crippen LogP contribution in [0.15, 0.2) is 0 Å². The van der Waals surface area contributed by atoms with Crippen LogP contribution >= 0.6 is 11.8 Å². The lowest BCUT2D eigenvalue weighted by atomic mass is 9.97. The standard InChI is InChI=1S/C12H22N2O3S/c1-9(8-18-3)13(2)12(17)14-6-4-10(5-7-14)11(15)16/h9-10H,4-8H2,1-3H3,(H,15,16). The smallest absolute Gasteiger partial charge is 0.320 e. The predicted octanol–water partition coefficient (Wildman–Crippen LogP) is 1.59. The van der Waals surface area contributed by atoms with Crippen molar-refractivity contribution in [3.05, 3.63) is 0 Å². The number of nitrogens with zero attached hydrogens (tertiary/aromatic N) is 2. The molecule has 1 aliphatic heterocycles. The van der Waals surface area contributed by atoms with Gasteiger partial charge < -0.3 is 14.9 Å². The maximum atomic E-state index is 12.2. The van der Waals surface area contributed by atoms with Gasteiger partial charge in [0, 0.05) is 31.9 Å². The lowest BCUT2D eigenvalue weighted by Crippen LogP contribution is -2.49. The Bertz CT molecular complexity index is 304. The molecule has 18 heavy (non-hydrogen) atoms. The summed E-state index contributed by atoms with van der Waals surface area (Å²) in [7, 11) is 1.81. The predicted molar refractivity (Wildman–Crippen MR) is 72.9 cm³/mol. The molecule has 1 atom stereocenters. The van der Waals surface area contributed by atoms with Crippen molar-refractivity contribution >= 4 is 23.8 Å². The molecule has 1 aliphatic rings. The third-order valence-electron chi connectivity index (χ3n) is 3.49. The first-order chi connectivity index (χ1) is 8.47. The Hall–Kier alpha value is -0.910. The van der Waals surface area contributed by atoms with Crippen molar-refractivity contribution in [1.82, 2.24) is 9.80 Å². The molecule has 0 saturated carbocycles. The van der Waals surface area contributed by atoms with Gasteiger partial charge in [0.05, 0.1) is 5.92 Å². The molecule has 0 aromatic carbocycles. The lowest BCUT2D eigenvalue weighted by Gasteiger charge is -2.35. The molecule has 2 amide bonds. The molecule has 1 rings (SSSR count). The highest BCUT2D eigenvalue weighted by molar-refractivity contribution is 7.98. The summed E-state index contributed by atoms with van der Waals surface area (Å²) in [5.41, 5.74) is 0. The quantitative estimate of drug-likeness (QED) is 0.845. The molecule has 1 N–H and O–H groups in total. The first-order valence-electron chi connectivity index (χ1n) is 6.20. The molecule has 0 aliphatic carbocycles. The Morgan fingerprint density at radius 1 is 1.44 bits per heavy atom. The zero-order chi connectivity index (χ0) is 13.7. The Morgan fingerprint density at radius 2 is 2.00 bits per heavy atom. The fourth-order valence-electron chi connectivity index (χ4n) is 2.08. The average molecular weight is 274 g/mol. The van der Waals surface area contributed by atoms with E-state index in [9.17, 15) is 9.59 Å². The molecule has 1 saturated heterocycles. The first-order valence-corrected chi connectivity index (χ1v) is 7.60. The van der Waals surface area contributed by atoms with E-state index in [1.165, 1.54) is 0 Å². The van der Waals surface area contributed by atoms with Crippen molar-refractivity contribution < 1.29 is 14.7 Å². The lowest BCUT2D eigenvalue weighted by molar-refractivity contribution is -0.143. The fraction of sp³-hybridized carbons (Fsp3) is 0.833. The zero-order valence-electron chi connectivity index (χ0n) is 11.3. The molecule has 1 unspecified atom stereocenters. The summed E-state index contributed by atoms with van der Waals surface area (Å²) in [5, 5.41) is 8.91. The van der Waals surface area contributed by atoms with Gasteiger partial charge in [-0.2, -0.15) is 11.8 Å². The second-order valence-corrected chi connectivity index (χ2v) is 5.71. The second kappa shape index (κ2) is 6.87. The molecule has 6 heteroatoms. The number of rotatable bonds is 4. The van der Waals surface area contributed by atoms with Gasteiger partial charge >= 0.3 is 12.0 Å². The summed E-state index contributed by atoms with van der Waals surface area (Å²) < 4.78 is 0. The highest BCUT2D eigenvalue weighted by atomic mass is 32.2. The van der Waals surface area contributed by atoms with Crippen LogP contribution in [0.3, 0.4) is 0 Å². The Morgan fingerprint density at radius 3 is 2.44 bits per heavy atom. The molecule has 104 valence electrons. The Balaban J connectivity index is 2.46. The number of hydrogen-bond acceptors (Lipinski definition) is 3. The molecule has 0 radical (unpaired) electrons. The van der Waals surface area contributed by atoms with Crippen LogP contribution < -0.4 is 0 Å². The van der Waals surface area contributed by atoms with Crippen LogP contribution in [0.4, 0.5) is 4.79 Å². The third-order valence-corrected chi connectivity index (χ3v) is 4.30. The van der Waals surface area contributed by atoms with E-state index in [0.717, 1.165) is 5.75 Å². The number of carbonyl (C=O) groups is 2. The van der Waals surface area contributed by atoms with Crippen LogP contribution in [0.1, 0.15) is 19.8 Å². The van der Waals surface area contributed by atoms with Crippen molar-refractivity contribution in [3.8, 4) is 0 Å². The van der Waals surface area contributed by atoms with Gasteiger partial charge in [-0.1, -0.05) is 0 Å². The van der Waals surface area contributed by atoms with Crippen molar-refractivity contribution in [1.29, 1.82) is 0 Å². The SMILES string of the molecule is CSCC(C)N(C)C(=O)N1CCC(C(=O)O)CC1. The number of urea groups is 1. The fourth-order valence-corrected chi connectivity index (χ4v) is 2.79. The van der Waals surface area contributed by atoms with E-state index >= 15 is 0 Å². The summed E-state index contributed by atoms with van der Waals surface area (Å²) >= 11 is 1.72. The van der Waals surface area contributed by atoms with Gasteiger partial charge in [-0.3, -0.25) is 4.79 Å². The maximum absolute atomic E-state index is 12.2. The van der Waals surface area contributed by atoms with Gasteiger partial charge in [-0.05, 0) is 26.0 Å². The molecular formula is C12H22N2O3S. The number of amides is 2. The van der Waals surface area contributed by atoms with Crippen LogP contribution in [0, 0.1) is 5.92 Å². The minimum atomic E-state index is -0.744. The van der Waals surface area contributed by atoms with Gasteiger partial charge in [0.15, 0.2) is 0 Å². The maximum Gasteiger partial charge on any atom is 0.320 e. The van der Waals surface area contributed by atoms with Crippen molar-refractivity contribution in [2.75, 3.05) is 32.1 Å². The van der Waals surface area contributed by atoms with E-state index < -0.39 is 5.97 Å². The van der Waals surface area contributed by atoms with Crippen molar-refractivity contribution in [3.63, 3.8) is 0 Å². The number of thioether (sulfide) groups is 1. The van der Waals surface area contributed by atoms with Gasteiger partial charge in [0.1, 0.15) is 0 Å². The summed E-state index contributed by atoms with van der Waals surface area (Å²) in [6, 6.07) is 0.213. The minimum Gasteiger partial charge on any atom is -0.481 e. The van der Waals surface area contributed by atoms with E-state index in [0.29, 0.717) is 25.9 Å². The molecule has 0 aromatic heterocycles. The molecule has 5 nitrogen and oxygen atoms in total. The van der Waals surface area contributed by atoms with E-state index in [2.05, 4.69) is 0 Å². The minimum absolute atomic E-state index is 0.0142. The van der Waals surface area contributed by atoms with Crippen LogP contribution in [-0.2, 0) is 4.79 Å². The molecule has 1 fully saturated rings. The molecule has 0 spiro atoms. The highest BCUT2D eigenvalue weighted by Crippen LogP contribution is 2.19. The van der Waals surface area contributed by atoms with E-state index in [1.54, 1.807) is 21.6 Å². The number of carbonyl (C=O) groups excluding carboxylic acids is 1. The largest absolute Gasteiger partial charge is 0.481 e. The molecular weight excluding hydrogens is 252 g/mol. The van der Waals surface area contributed by atoms with E-state index in [4.69, 9.17) is 5.11 Å². The Labute approximate surface area is 113 Å². The van der Waals surface area contributed by atoms with Crippen molar-refractivity contribution in [2.24, 2.45) is 5.92 Å². The number of carboxylic acids is 1. The molecule has 0 aromatic rings. The number of carboxylic acid groups (broad SMARTS) is 1. The summed E-state index contributed by atoms with van der Waals surface area (Å²) in [6.45, 7) is 3.12. The summed E-state index contributed by atoms with van der Waals surface area (Å²) in [5.74, 6) is -0.123. The average Bonchev–Trinajstić information content (AvgIpc) is 2.37. The number of aliphatic carboxylic acids is 1. The number of likely N-dealkylation sites (tertiary alicyclic amines) is 1. The Kier molecular flexibility index (Phi) is 5.78. The molecule has 0 bridgehead atoms. The second-order valence-electron chi connectivity index (χ2n) is 4.80. The monoisotopic (exact) mass is 274 g/mol. The third kappa shape index (κ3) is 3.80. The summed E-state index contributed by atoms with van der Waals surface area (Å²) in [4.78, 5) is 26.5. The van der Waals surface area contributed by atoms with Crippen LogP contribution in [0.5, 0.6) is 0 Å². The van der Waals surface area contributed by atoms with Crippen LogP contribution in [0.25, 0.3) is 0 Å². The van der Waals surface area contributed by atoms with Gasteiger partial charge in [0.2, 0.25) is 0 Å². The normalized spacial score (nSPS) is 18.5. The van der Waals surface area contributed by atoms with Gasteiger partial charge in [0.25, 0.3) is 0 Å². The zero-order valence-corrected chi connectivity index (χ0v) is 12.1. The highest BCUT2D eigenvalue weighted by Gasteiger charge is 2.29.